The number of unbranched alkanes of at least 4 members (excludes halogenated alkanes) is 44. The van der Waals surface area contributed by atoms with Gasteiger partial charge in [0.15, 0.2) is 12.2 Å². The molecule has 17 nitrogen and oxygen atoms in total. The van der Waals surface area contributed by atoms with Crippen LogP contribution in [0.5, 0.6) is 0 Å². The van der Waals surface area contributed by atoms with Crippen LogP contribution < -0.4 is 0 Å². The molecule has 3 N–H and O–H groups in total. The van der Waals surface area contributed by atoms with Gasteiger partial charge in [-0.15, -0.1) is 0 Å². The second kappa shape index (κ2) is 69.4. The number of aliphatic hydroxyl groups excluding tert-OH is 1. The molecule has 0 heterocycles. The second-order valence-corrected chi connectivity index (χ2v) is 32.6. The number of hydrogen-bond acceptors (Lipinski definition) is 15. The Balaban J connectivity index is 5.26. The Morgan fingerprint density at radius 1 is 0.296 bits per heavy atom. The largest absolute Gasteiger partial charge is 0.472 e. The van der Waals surface area contributed by atoms with Crippen molar-refractivity contribution in [1.82, 2.24) is 0 Å². The van der Waals surface area contributed by atoms with Gasteiger partial charge in [0.2, 0.25) is 0 Å². The van der Waals surface area contributed by atoms with Crippen molar-refractivity contribution in [3.8, 4) is 0 Å². The topological polar surface area (TPSA) is 237 Å². The quantitative estimate of drug-likeness (QED) is 0.0222. The average Bonchev–Trinajstić information content (AvgIpc) is 1.07. The first kappa shape index (κ1) is 96.1. The molecule has 0 saturated heterocycles. The molecule has 0 fully saturated rings. The van der Waals surface area contributed by atoms with Crippen LogP contribution in [-0.2, 0) is 65.4 Å². The molecular weight excluding hydrogens is 1280 g/mol. The molecule has 0 amide bonds. The van der Waals surface area contributed by atoms with Crippen LogP contribution in [0.15, 0.2) is 0 Å². The van der Waals surface area contributed by atoms with Crippen molar-refractivity contribution in [2.75, 3.05) is 39.6 Å². The lowest BCUT2D eigenvalue weighted by Gasteiger charge is -2.21. The zero-order chi connectivity index (χ0) is 72.3. The van der Waals surface area contributed by atoms with E-state index >= 15 is 0 Å². The Bertz CT molecular complexity index is 1910. The number of esters is 4. The van der Waals surface area contributed by atoms with E-state index in [0.29, 0.717) is 25.7 Å². The predicted octanol–water partition coefficient (Wildman–Crippen LogP) is 23.4. The third-order valence-electron chi connectivity index (χ3n) is 18.7. The van der Waals surface area contributed by atoms with Gasteiger partial charge in [-0.05, 0) is 43.4 Å². The molecule has 0 spiro atoms. The molecule has 19 heteroatoms. The molecule has 0 radical (unpaired) electrons. The lowest BCUT2D eigenvalue weighted by Crippen LogP contribution is -2.30. The van der Waals surface area contributed by atoms with Crippen LogP contribution in [-0.4, -0.2) is 96.7 Å². The number of aliphatic hydroxyl groups is 1. The van der Waals surface area contributed by atoms with E-state index in [1.807, 2.05) is 0 Å². The molecule has 3 unspecified atom stereocenters. The van der Waals surface area contributed by atoms with Gasteiger partial charge in [-0.1, -0.05) is 357 Å². The summed E-state index contributed by atoms with van der Waals surface area (Å²) in [5.74, 6) is 0.195. The molecule has 0 aliphatic carbocycles. The van der Waals surface area contributed by atoms with E-state index < -0.39 is 97.5 Å². The summed E-state index contributed by atoms with van der Waals surface area (Å²) in [6.07, 6.45) is 56.8. The van der Waals surface area contributed by atoms with Gasteiger partial charge in [0, 0.05) is 25.7 Å². The molecule has 0 aromatic carbocycles. The molecule has 0 saturated carbocycles. The summed E-state index contributed by atoms with van der Waals surface area (Å²) >= 11 is 0. The predicted molar refractivity (Wildman–Crippen MR) is 400 cm³/mol. The summed E-state index contributed by atoms with van der Waals surface area (Å²) in [6, 6.07) is 0. The van der Waals surface area contributed by atoms with Crippen molar-refractivity contribution in [2.24, 2.45) is 17.8 Å². The maximum Gasteiger partial charge on any atom is 0.472 e. The van der Waals surface area contributed by atoms with E-state index in [4.69, 9.17) is 37.0 Å². The summed E-state index contributed by atoms with van der Waals surface area (Å²) in [7, 11) is -9.92. The highest BCUT2D eigenvalue weighted by Gasteiger charge is 2.30. The van der Waals surface area contributed by atoms with Crippen LogP contribution in [0.25, 0.3) is 0 Å². The Hall–Kier alpha value is -1.94. The van der Waals surface area contributed by atoms with Crippen molar-refractivity contribution < 1.29 is 80.2 Å². The highest BCUT2D eigenvalue weighted by atomic mass is 31.2. The molecular formula is C79H154O17P2. The van der Waals surface area contributed by atoms with Gasteiger partial charge in [-0.2, -0.15) is 0 Å². The number of ether oxygens (including phenoxy) is 4. The molecule has 6 atom stereocenters. The first-order valence-electron chi connectivity index (χ1n) is 40.9. The molecule has 0 rings (SSSR count). The van der Waals surface area contributed by atoms with E-state index in [9.17, 15) is 43.2 Å². The Morgan fingerprint density at radius 2 is 0.520 bits per heavy atom. The van der Waals surface area contributed by atoms with Gasteiger partial charge in [0.1, 0.15) is 19.3 Å². The van der Waals surface area contributed by atoms with Crippen LogP contribution >= 0.6 is 15.6 Å². The van der Waals surface area contributed by atoms with Crippen LogP contribution in [0, 0.1) is 17.8 Å². The molecule has 98 heavy (non-hydrogen) atoms. The summed E-state index contributed by atoms with van der Waals surface area (Å²) in [6.45, 7) is 11.9. The van der Waals surface area contributed by atoms with Crippen molar-refractivity contribution in [3.05, 3.63) is 0 Å². The van der Waals surface area contributed by atoms with Crippen LogP contribution in [0.4, 0.5) is 0 Å². The Kier molecular flexibility index (Phi) is 68.1. The third kappa shape index (κ3) is 71.1. The SMILES string of the molecule is CCCCCCCCCCCCCCCCCCCC(=O)OC[C@H](COP(=O)(O)OC[C@@H](O)COP(=O)(O)OC[C@@H](COC(=O)CCCCCCCCCCC(C)CC)OC(=O)CCCCCCCCCCCC(C)C)OC(=O)CCCCCCCCCCCCCCCCC(C)C. The summed E-state index contributed by atoms with van der Waals surface area (Å²) in [5, 5.41) is 10.6. The van der Waals surface area contributed by atoms with Gasteiger partial charge in [0.05, 0.1) is 26.4 Å². The smallest absolute Gasteiger partial charge is 0.462 e. The number of carbonyl (C=O) groups is 4. The summed E-state index contributed by atoms with van der Waals surface area (Å²) in [5.41, 5.74) is 0. The van der Waals surface area contributed by atoms with Crippen LogP contribution in [0.2, 0.25) is 0 Å². The zero-order valence-corrected chi connectivity index (χ0v) is 66.0. The fraction of sp³-hybridized carbons (Fsp3) is 0.949. The normalized spacial score (nSPS) is 14.3. The van der Waals surface area contributed by atoms with Gasteiger partial charge >= 0.3 is 39.5 Å². The van der Waals surface area contributed by atoms with Crippen molar-refractivity contribution in [2.45, 2.75) is 426 Å². The van der Waals surface area contributed by atoms with Crippen LogP contribution in [0.3, 0.4) is 0 Å². The number of rotatable bonds is 77. The van der Waals surface area contributed by atoms with E-state index in [-0.39, 0.29) is 25.7 Å². The van der Waals surface area contributed by atoms with Gasteiger partial charge in [-0.3, -0.25) is 37.3 Å². The second-order valence-electron chi connectivity index (χ2n) is 29.6. The number of carbonyl (C=O) groups excluding carboxylic acids is 4. The number of phosphoric acid groups is 2. The zero-order valence-electron chi connectivity index (χ0n) is 64.3. The maximum atomic E-state index is 13.1. The van der Waals surface area contributed by atoms with Crippen molar-refractivity contribution >= 4 is 39.5 Å². The van der Waals surface area contributed by atoms with E-state index in [2.05, 4.69) is 48.5 Å². The van der Waals surface area contributed by atoms with E-state index in [0.717, 1.165) is 108 Å². The van der Waals surface area contributed by atoms with Gasteiger partial charge in [-0.25, -0.2) is 9.13 Å². The fourth-order valence-corrected chi connectivity index (χ4v) is 13.7. The lowest BCUT2D eigenvalue weighted by atomic mass is 9.99. The number of hydrogen-bond donors (Lipinski definition) is 3. The highest BCUT2D eigenvalue weighted by molar-refractivity contribution is 7.47. The summed E-state index contributed by atoms with van der Waals surface area (Å²) in [4.78, 5) is 73.0. The molecule has 0 aromatic heterocycles. The third-order valence-corrected chi connectivity index (χ3v) is 20.6. The van der Waals surface area contributed by atoms with E-state index in [1.165, 1.54) is 218 Å². The Morgan fingerprint density at radius 3 is 0.776 bits per heavy atom. The molecule has 0 bridgehead atoms. The highest BCUT2D eigenvalue weighted by Crippen LogP contribution is 2.45. The first-order valence-corrected chi connectivity index (χ1v) is 43.9. The average molecular weight is 1440 g/mol. The van der Waals surface area contributed by atoms with Gasteiger partial charge in [0.25, 0.3) is 0 Å². The molecule has 0 aliphatic rings. The minimum absolute atomic E-state index is 0.105. The number of phosphoric ester groups is 2. The summed E-state index contributed by atoms with van der Waals surface area (Å²) < 4.78 is 68.7. The van der Waals surface area contributed by atoms with Crippen LogP contribution in [0.1, 0.15) is 408 Å². The minimum Gasteiger partial charge on any atom is -0.462 e. The Labute approximate surface area is 600 Å². The molecule has 0 aromatic rings. The van der Waals surface area contributed by atoms with Gasteiger partial charge < -0.3 is 33.8 Å². The first-order chi connectivity index (χ1) is 47.3. The van der Waals surface area contributed by atoms with Crippen molar-refractivity contribution in [1.29, 1.82) is 0 Å². The van der Waals surface area contributed by atoms with Crippen molar-refractivity contribution in [3.63, 3.8) is 0 Å². The standard InChI is InChI=1S/C79H154O17P2/c1-8-10-11-12-13-14-15-16-17-18-19-23-26-31-39-46-53-60-76(81)89-66-74(95-78(83)62-55-48-41-32-27-24-21-20-22-25-29-36-43-50-57-70(3)4)68-93-97(85,86)91-64-73(80)65-92-98(87,88)94-69-75(96-79(84)63-56-49-42-33-28-30-37-44-51-58-71(5)6)67-90-77(82)61-54-47-40-35-34-38-45-52-59-72(7)9-2/h70-75,80H,8-69H2,1-7H3,(H,85,86)(H,87,88)/t72?,73-,74-,75-/m1/s1. The molecule has 582 valence electrons. The minimum atomic E-state index is -4.96. The maximum absolute atomic E-state index is 13.1. The lowest BCUT2D eigenvalue weighted by molar-refractivity contribution is -0.161. The molecule has 0 aliphatic heterocycles. The van der Waals surface area contributed by atoms with E-state index in [1.54, 1.807) is 0 Å². The monoisotopic (exact) mass is 1440 g/mol. The fourth-order valence-electron chi connectivity index (χ4n) is 12.1.